The summed E-state index contributed by atoms with van der Waals surface area (Å²) in [5.41, 5.74) is 2.17. The second-order valence-electron chi connectivity index (χ2n) is 4.52. The highest BCUT2D eigenvalue weighted by Crippen LogP contribution is 2.28. The lowest BCUT2D eigenvalue weighted by atomic mass is 10.2. The first-order valence-electron chi connectivity index (χ1n) is 5.85. The number of rotatable bonds is 3. The van der Waals surface area contributed by atoms with E-state index in [1.807, 2.05) is 13.8 Å². The Balaban J connectivity index is 2.41. The van der Waals surface area contributed by atoms with E-state index in [1.165, 1.54) is 6.07 Å². The van der Waals surface area contributed by atoms with Crippen LogP contribution in [0.3, 0.4) is 0 Å². The van der Waals surface area contributed by atoms with Crippen LogP contribution in [0.4, 0.5) is 5.69 Å². The first kappa shape index (κ1) is 15.2. The Labute approximate surface area is 128 Å². The smallest absolute Gasteiger partial charge is 0.263 e. The Morgan fingerprint density at radius 1 is 0.900 bits per heavy atom. The zero-order chi connectivity index (χ0) is 14.9. The molecule has 2 aromatic carbocycles. The third-order valence-electron chi connectivity index (χ3n) is 2.75. The van der Waals surface area contributed by atoms with Crippen molar-refractivity contribution in [1.29, 1.82) is 0 Å². The van der Waals surface area contributed by atoms with Gasteiger partial charge in [0.25, 0.3) is 10.0 Å². The lowest BCUT2D eigenvalue weighted by molar-refractivity contribution is 0.601. The summed E-state index contributed by atoms with van der Waals surface area (Å²) >= 11 is 12.0. The van der Waals surface area contributed by atoms with Crippen molar-refractivity contribution in [3.05, 3.63) is 57.6 Å². The van der Waals surface area contributed by atoms with E-state index >= 15 is 0 Å². The average molecular weight is 330 g/mol. The van der Waals surface area contributed by atoms with Gasteiger partial charge < -0.3 is 0 Å². The quantitative estimate of drug-likeness (QED) is 0.906. The van der Waals surface area contributed by atoms with E-state index in [0.717, 1.165) is 11.1 Å². The van der Waals surface area contributed by atoms with E-state index < -0.39 is 10.0 Å². The van der Waals surface area contributed by atoms with Crippen LogP contribution in [0.2, 0.25) is 10.0 Å². The molecule has 0 amide bonds. The average Bonchev–Trinajstić information content (AvgIpc) is 2.32. The summed E-state index contributed by atoms with van der Waals surface area (Å²) in [6.07, 6.45) is 0. The summed E-state index contributed by atoms with van der Waals surface area (Å²) < 4.78 is 27.1. The van der Waals surface area contributed by atoms with Gasteiger partial charge in [0.1, 0.15) is 4.90 Å². The normalized spacial score (nSPS) is 11.4. The van der Waals surface area contributed by atoms with Crippen molar-refractivity contribution in [1.82, 2.24) is 0 Å². The highest BCUT2D eigenvalue weighted by molar-refractivity contribution is 7.92. The second-order valence-corrected chi connectivity index (χ2v) is 6.99. The highest BCUT2D eigenvalue weighted by Gasteiger charge is 2.19. The second kappa shape index (κ2) is 5.64. The SMILES string of the molecule is Cc1ccc(NS(=O)(=O)c2ccc(C)cc2Cl)c(Cl)c1. The zero-order valence-electron chi connectivity index (χ0n) is 10.9. The van der Waals surface area contributed by atoms with Crippen molar-refractivity contribution in [2.24, 2.45) is 0 Å². The fourth-order valence-corrected chi connectivity index (χ4v) is 3.74. The molecule has 0 unspecified atom stereocenters. The van der Waals surface area contributed by atoms with Gasteiger partial charge in [0, 0.05) is 0 Å². The zero-order valence-corrected chi connectivity index (χ0v) is 13.3. The Morgan fingerprint density at radius 2 is 1.45 bits per heavy atom. The molecule has 0 fully saturated rings. The highest BCUT2D eigenvalue weighted by atomic mass is 35.5. The number of hydrogen-bond acceptors (Lipinski definition) is 2. The van der Waals surface area contributed by atoms with Crippen LogP contribution in [0.1, 0.15) is 11.1 Å². The summed E-state index contributed by atoms with van der Waals surface area (Å²) in [4.78, 5) is 0.0291. The third kappa shape index (κ3) is 3.26. The van der Waals surface area contributed by atoms with Gasteiger partial charge in [0.05, 0.1) is 15.7 Å². The maximum Gasteiger partial charge on any atom is 0.263 e. The Kier molecular flexibility index (Phi) is 4.28. The number of anilines is 1. The number of hydrogen-bond donors (Lipinski definition) is 1. The van der Waals surface area contributed by atoms with Gasteiger partial charge in [-0.15, -0.1) is 0 Å². The number of sulfonamides is 1. The molecule has 0 aliphatic heterocycles. The van der Waals surface area contributed by atoms with Gasteiger partial charge in [-0.3, -0.25) is 4.72 Å². The van der Waals surface area contributed by atoms with Gasteiger partial charge in [-0.05, 0) is 49.2 Å². The number of halogens is 2. The van der Waals surface area contributed by atoms with E-state index in [9.17, 15) is 8.42 Å². The molecular weight excluding hydrogens is 317 g/mol. The van der Waals surface area contributed by atoms with Crippen molar-refractivity contribution >= 4 is 38.9 Å². The van der Waals surface area contributed by atoms with Gasteiger partial charge in [0.2, 0.25) is 0 Å². The summed E-state index contributed by atoms with van der Waals surface area (Å²) in [6.45, 7) is 3.72. The largest absolute Gasteiger partial charge is 0.278 e. The van der Waals surface area contributed by atoms with Crippen LogP contribution in [0.5, 0.6) is 0 Å². The fraction of sp³-hybridized carbons (Fsp3) is 0.143. The van der Waals surface area contributed by atoms with Crippen molar-refractivity contribution < 1.29 is 8.42 Å². The maximum atomic E-state index is 12.3. The van der Waals surface area contributed by atoms with E-state index in [4.69, 9.17) is 23.2 Å². The number of benzene rings is 2. The molecule has 2 rings (SSSR count). The van der Waals surface area contributed by atoms with Crippen LogP contribution < -0.4 is 4.72 Å². The van der Waals surface area contributed by atoms with Crippen LogP contribution in [0.15, 0.2) is 41.3 Å². The Bertz CT molecular complexity index is 758. The van der Waals surface area contributed by atoms with Crippen LogP contribution in [0.25, 0.3) is 0 Å². The molecule has 106 valence electrons. The minimum absolute atomic E-state index is 0.0291. The van der Waals surface area contributed by atoms with Gasteiger partial charge in [0.15, 0.2) is 0 Å². The molecule has 0 heterocycles. The lowest BCUT2D eigenvalue weighted by Gasteiger charge is -2.11. The number of aryl methyl sites for hydroxylation is 2. The first-order chi connectivity index (χ1) is 9.29. The van der Waals surface area contributed by atoms with E-state index in [1.54, 1.807) is 30.3 Å². The van der Waals surface area contributed by atoms with Crippen LogP contribution in [-0.4, -0.2) is 8.42 Å². The van der Waals surface area contributed by atoms with Crippen molar-refractivity contribution in [3.8, 4) is 0 Å². The van der Waals surface area contributed by atoms with Crippen molar-refractivity contribution in [2.75, 3.05) is 4.72 Å². The van der Waals surface area contributed by atoms with E-state index in [-0.39, 0.29) is 9.92 Å². The monoisotopic (exact) mass is 329 g/mol. The molecule has 0 saturated heterocycles. The molecule has 0 aliphatic rings. The molecule has 1 N–H and O–H groups in total. The summed E-state index contributed by atoms with van der Waals surface area (Å²) in [6, 6.07) is 9.86. The topological polar surface area (TPSA) is 46.2 Å². The standard InChI is InChI=1S/C14H13Cl2NO2S/c1-9-3-5-13(11(15)7-9)17-20(18,19)14-6-4-10(2)8-12(14)16/h3-8,17H,1-2H3. The molecule has 0 radical (unpaired) electrons. The van der Waals surface area contributed by atoms with Crippen LogP contribution in [0, 0.1) is 13.8 Å². The minimum Gasteiger partial charge on any atom is -0.278 e. The maximum absolute atomic E-state index is 12.3. The summed E-state index contributed by atoms with van der Waals surface area (Å²) in [5.74, 6) is 0. The molecule has 0 aliphatic carbocycles. The molecule has 2 aromatic rings. The van der Waals surface area contributed by atoms with Crippen LogP contribution in [-0.2, 0) is 10.0 Å². The molecule has 20 heavy (non-hydrogen) atoms. The molecule has 0 spiro atoms. The molecule has 0 saturated carbocycles. The molecule has 3 nitrogen and oxygen atoms in total. The predicted octanol–water partition coefficient (Wildman–Crippen LogP) is 4.41. The Morgan fingerprint density at radius 3 is 2.00 bits per heavy atom. The lowest BCUT2D eigenvalue weighted by Crippen LogP contribution is -2.13. The van der Waals surface area contributed by atoms with Gasteiger partial charge in [-0.2, -0.15) is 0 Å². The molecule has 0 atom stereocenters. The molecule has 6 heteroatoms. The third-order valence-corrected chi connectivity index (χ3v) is 4.91. The van der Waals surface area contributed by atoms with Crippen LogP contribution >= 0.6 is 23.2 Å². The molecule has 0 aromatic heterocycles. The van der Waals surface area contributed by atoms with Gasteiger partial charge >= 0.3 is 0 Å². The van der Waals surface area contributed by atoms with Crippen molar-refractivity contribution in [3.63, 3.8) is 0 Å². The molecule has 0 bridgehead atoms. The van der Waals surface area contributed by atoms with Gasteiger partial charge in [-0.1, -0.05) is 35.3 Å². The minimum atomic E-state index is -3.76. The predicted molar refractivity (Wildman–Crippen MR) is 83.2 cm³/mol. The first-order valence-corrected chi connectivity index (χ1v) is 8.08. The number of nitrogens with one attached hydrogen (secondary N) is 1. The fourth-order valence-electron chi connectivity index (χ4n) is 1.73. The van der Waals surface area contributed by atoms with Crippen molar-refractivity contribution in [2.45, 2.75) is 18.7 Å². The van der Waals surface area contributed by atoms with E-state index in [0.29, 0.717) is 10.7 Å². The van der Waals surface area contributed by atoms with Gasteiger partial charge in [-0.25, -0.2) is 8.42 Å². The summed E-state index contributed by atoms with van der Waals surface area (Å²) in [7, 11) is -3.76. The van der Waals surface area contributed by atoms with E-state index in [2.05, 4.69) is 4.72 Å². The summed E-state index contributed by atoms with van der Waals surface area (Å²) in [5, 5.41) is 0.526. The Hall–Kier alpha value is -1.23. The molecular formula is C14H13Cl2NO2S.